The van der Waals surface area contributed by atoms with Crippen LogP contribution in [0, 0.1) is 0 Å². The largest absolute Gasteiger partial charge is 0.462 e. The van der Waals surface area contributed by atoms with E-state index in [0.717, 1.165) is 51.4 Å². The molecule has 0 amide bonds. The van der Waals surface area contributed by atoms with Crippen molar-refractivity contribution in [3.63, 3.8) is 0 Å². The van der Waals surface area contributed by atoms with Crippen molar-refractivity contribution in [2.24, 2.45) is 0 Å². The van der Waals surface area contributed by atoms with Crippen LogP contribution in [0.2, 0.25) is 0 Å². The average molecular weight is 499 g/mol. The zero-order chi connectivity index (χ0) is 26.2. The first-order chi connectivity index (χ1) is 17.4. The molecule has 36 heavy (non-hydrogen) atoms. The van der Waals surface area contributed by atoms with Crippen LogP contribution in [0.25, 0.3) is 0 Å². The normalized spacial score (nSPS) is 10.4. The number of carbonyl (C=O) groups excluding carboxylic acids is 4. The van der Waals surface area contributed by atoms with Gasteiger partial charge in [0, 0.05) is 13.8 Å². The lowest BCUT2D eigenvalue weighted by Crippen LogP contribution is -2.11. The van der Waals surface area contributed by atoms with Crippen molar-refractivity contribution in [3.8, 4) is 11.5 Å². The van der Waals surface area contributed by atoms with Gasteiger partial charge in [-0.1, -0.05) is 62.8 Å². The van der Waals surface area contributed by atoms with Crippen LogP contribution in [0.4, 0.5) is 0 Å². The van der Waals surface area contributed by atoms with Crippen molar-refractivity contribution in [1.29, 1.82) is 0 Å². The van der Waals surface area contributed by atoms with Gasteiger partial charge in [0.1, 0.15) is 22.6 Å². The Hall–Kier alpha value is -3.68. The molecule has 0 bridgehead atoms. The summed E-state index contributed by atoms with van der Waals surface area (Å²) in [6, 6.07) is 13.0. The van der Waals surface area contributed by atoms with Crippen LogP contribution in [0.1, 0.15) is 85.9 Å². The Labute approximate surface area is 211 Å². The summed E-state index contributed by atoms with van der Waals surface area (Å²) >= 11 is 0. The van der Waals surface area contributed by atoms with Crippen LogP contribution in [0.15, 0.2) is 48.5 Å². The van der Waals surface area contributed by atoms with Gasteiger partial charge in [-0.05, 0) is 37.1 Å². The van der Waals surface area contributed by atoms with Crippen molar-refractivity contribution >= 4 is 23.9 Å². The molecule has 0 saturated heterocycles. The molecule has 8 heteroatoms. The fourth-order valence-corrected chi connectivity index (χ4v) is 3.51. The first-order valence-electron chi connectivity index (χ1n) is 12.3. The third-order valence-corrected chi connectivity index (χ3v) is 5.23. The van der Waals surface area contributed by atoms with E-state index < -0.39 is 23.9 Å². The minimum atomic E-state index is -0.498. The lowest BCUT2D eigenvalue weighted by atomic mass is 10.1. The first kappa shape index (κ1) is 28.6. The highest BCUT2D eigenvalue weighted by molar-refractivity contribution is 5.94. The van der Waals surface area contributed by atoms with Crippen molar-refractivity contribution < 1.29 is 38.1 Å². The number of unbranched alkanes of at least 4 members (excludes halogenated alkanes) is 7. The summed E-state index contributed by atoms with van der Waals surface area (Å²) in [7, 11) is 0. The number of benzene rings is 2. The topological polar surface area (TPSA) is 105 Å². The fourth-order valence-electron chi connectivity index (χ4n) is 3.51. The van der Waals surface area contributed by atoms with Crippen molar-refractivity contribution in [2.75, 3.05) is 13.2 Å². The highest BCUT2D eigenvalue weighted by atomic mass is 16.6. The fraction of sp³-hybridized carbons (Fsp3) is 0.429. The van der Waals surface area contributed by atoms with Gasteiger partial charge < -0.3 is 18.9 Å². The van der Waals surface area contributed by atoms with E-state index in [-0.39, 0.29) is 22.6 Å². The van der Waals surface area contributed by atoms with Crippen molar-refractivity contribution in [2.45, 2.75) is 65.2 Å². The second kappa shape index (κ2) is 16.1. The summed E-state index contributed by atoms with van der Waals surface area (Å²) in [5.41, 5.74) is 0.485. The Balaban J connectivity index is 1.50. The number of para-hydroxylation sites is 2. The molecule has 2 rings (SSSR count). The Bertz CT molecular complexity index is 933. The Morgan fingerprint density at radius 3 is 1.22 bits per heavy atom. The number of hydrogen-bond acceptors (Lipinski definition) is 8. The van der Waals surface area contributed by atoms with Gasteiger partial charge in [0.2, 0.25) is 0 Å². The molecule has 0 saturated carbocycles. The van der Waals surface area contributed by atoms with Gasteiger partial charge in [0.25, 0.3) is 0 Å². The maximum absolute atomic E-state index is 12.2. The summed E-state index contributed by atoms with van der Waals surface area (Å²) in [4.78, 5) is 46.8. The molecule has 8 nitrogen and oxygen atoms in total. The number of esters is 4. The van der Waals surface area contributed by atoms with E-state index in [1.807, 2.05) is 0 Å². The van der Waals surface area contributed by atoms with E-state index in [9.17, 15) is 19.2 Å². The van der Waals surface area contributed by atoms with Crippen molar-refractivity contribution in [3.05, 3.63) is 59.7 Å². The van der Waals surface area contributed by atoms with E-state index in [1.165, 1.54) is 13.8 Å². The number of hydrogen-bond donors (Lipinski definition) is 0. The standard InChI is InChI=1S/C28H34O8/c1-21(29)35-25-17-11-9-15-23(25)27(31)33-19-13-7-5-3-4-6-8-14-20-34-28(32)24-16-10-12-18-26(24)36-22(2)30/h9-12,15-18H,3-8,13-14,19-20H2,1-2H3. The van der Waals surface area contributed by atoms with Gasteiger partial charge in [0.05, 0.1) is 13.2 Å². The number of ether oxygens (including phenoxy) is 4. The second-order valence-electron chi connectivity index (χ2n) is 8.28. The summed E-state index contributed by atoms with van der Waals surface area (Å²) < 4.78 is 20.7. The average Bonchev–Trinajstić information content (AvgIpc) is 2.84. The maximum atomic E-state index is 12.2. The molecular formula is C28H34O8. The van der Waals surface area contributed by atoms with Crippen LogP contribution in [0.5, 0.6) is 11.5 Å². The number of carbonyl (C=O) groups is 4. The SMILES string of the molecule is CC(=O)Oc1ccccc1C(=O)OCCCCCCCCCCOC(=O)c1ccccc1OC(C)=O. The molecule has 0 aliphatic heterocycles. The Morgan fingerprint density at radius 2 is 0.861 bits per heavy atom. The van der Waals surface area contributed by atoms with E-state index >= 15 is 0 Å². The molecule has 0 atom stereocenters. The summed E-state index contributed by atoms with van der Waals surface area (Å²) in [6.45, 7) is 3.21. The predicted molar refractivity (Wildman–Crippen MR) is 133 cm³/mol. The smallest absolute Gasteiger partial charge is 0.341 e. The molecule has 0 aliphatic carbocycles. The van der Waals surface area contributed by atoms with Gasteiger partial charge in [-0.3, -0.25) is 9.59 Å². The van der Waals surface area contributed by atoms with Gasteiger partial charge >= 0.3 is 23.9 Å². The van der Waals surface area contributed by atoms with E-state index in [0.29, 0.717) is 13.2 Å². The minimum Gasteiger partial charge on any atom is -0.462 e. The summed E-state index contributed by atoms with van der Waals surface area (Å²) in [5.74, 6) is -1.56. The van der Waals surface area contributed by atoms with E-state index in [4.69, 9.17) is 18.9 Å². The quantitative estimate of drug-likeness (QED) is 0.176. The van der Waals surface area contributed by atoms with Gasteiger partial charge in [-0.2, -0.15) is 0 Å². The molecule has 0 unspecified atom stereocenters. The third-order valence-electron chi connectivity index (χ3n) is 5.23. The molecule has 0 heterocycles. The molecule has 0 N–H and O–H groups in total. The molecule has 2 aromatic rings. The van der Waals surface area contributed by atoms with Crippen LogP contribution in [0.3, 0.4) is 0 Å². The molecule has 0 fully saturated rings. The van der Waals surface area contributed by atoms with Crippen LogP contribution < -0.4 is 9.47 Å². The minimum absolute atomic E-state index is 0.205. The molecule has 0 radical (unpaired) electrons. The molecular weight excluding hydrogens is 464 g/mol. The summed E-state index contributed by atoms with van der Waals surface area (Å²) in [6.07, 6.45) is 7.71. The zero-order valence-corrected chi connectivity index (χ0v) is 21.0. The summed E-state index contributed by atoms with van der Waals surface area (Å²) in [5, 5.41) is 0. The van der Waals surface area contributed by atoms with Crippen LogP contribution >= 0.6 is 0 Å². The molecule has 194 valence electrons. The molecule has 0 aliphatic rings. The highest BCUT2D eigenvalue weighted by Gasteiger charge is 2.15. The molecule has 0 spiro atoms. The molecule has 2 aromatic carbocycles. The zero-order valence-electron chi connectivity index (χ0n) is 21.0. The van der Waals surface area contributed by atoms with E-state index in [1.54, 1.807) is 48.5 Å². The van der Waals surface area contributed by atoms with Gasteiger partial charge in [-0.25, -0.2) is 9.59 Å². The predicted octanol–water partition coefficient (Wildman–Crippen LogP) is 5.67. The number of rotatable bonds is 15. The third kappa shape index (κ3) is 10.7. The molecule has 0 aromatic heterocycles. The second-order valence-corrected chi connectivity index (χ2v) is 8.28. The maximum Gasteiger partial charge on any atom is 0.341 e. The van der Waals surface area contributed by atoms with Crippen LogP contribution in [-0.4, -0.2) is 37.1 Å². The van der Waals surface area contributed by atoms with E-state index in [2.05, 4.69) is 0 Å². The Morgan fingerprint density at radius 1 is 0.528 bits per heavy atom. The Kier molecular flexibility index (Phi) is 12.8. The van der Waals surface area contributed by atoms with Gasteiger partial charge in [-0.15, -0.1) is 0 Å². The highest BCUT2D eigenvalue weighted by Crippen LogP contribution is 2.20. The monoisotopic (exact) mass is 498 g/mol. The lowest BCUT2D eigenvalue weighted by molar-refractivity contribution is -0.132. The van der Waals surface area contributed by atoms with Crippen molar-refractivity contribution in [1.82, 2.24) is 0 Å². The lowest BCUT2D eigenvalue weighted by Gasteiger charge is -2.09. The van der Waals surface area contributed by atoms with Gasteiger partial charge in [0.15, 0.2) is 0 Å². The first-order valence-corrected chi connectivity index (χ1v) is 12.3. The van der Waals surface area contributed by atoms with Crippen LogP contribution in [-0.2, 0) is 19.1 Å².